The third-order valence-corrected chi connectivity index (χ3v) is 7.89. The van der Waals surface area contributed by atoms with Crippen LogP contribution in [0.25, 0.3) is 0 Å². The van der Waals surface area contributed by atoms with E-state index in [2.05, 4.69) is 20.6 Å². The van der Waals surface area contributed by atoms with E-state index in [1.807, 2.05) is 86.0 Å². The molecule has 1 aromatic carbocycles. The van der Waals surface area contributed by atoms with E-state index < -0.39 is 0 Å². The summed E-state index contributed by atoms with van der Waals surface area (Å²) in [5.41, 5.74) is 1.96. The second-order valence-corrected chi connectivity index (χ2v) is 11.9. The van der Waals surface area contributed by atoms with Crippen LogP contribution in [-0.2, 0) is 17.9 Å². The highest BCUT2D eigenvalue weighted by molar-refractivity contribution is 7.15. The minimum atomic E-state index is -0.101. The number of amides is 3. The number of benzene rings is 1. The normalized spacial score (nSPS) is 18.5. The van der Waals surface area contributed by atoms with Gasteiger partial charge in [-0.3, -0.25) is 15.0 Å². The van der Waals surface area contributed by atoms with Crippen molar-refractivity contribution in [2.45, 2.75) is 71.6 Å². The molecule has 2 atom stereocenters. The molecule has 2 N–H and O–H groups in total. The van der Waals surface area contributed by atoms with E-state index in [9.17, 15) is 9.59 Å². The number of thiazole rings is 1. The molecule has 1 saturated carbocycles. The first-order chi connectivity index (χ1) is 20.4. The molecule has 2 unspecified atom stereocenters. The lowest BCUT2D eigenvalue weighted by molar-refractivity contribution is -0.117. The van der Waals surface area contributed by atoms with Gasteiger partial charge < -0.3 is 15.1 Å². The average molecular weight is 591 g/mol. The van der Waals surface area contributed by atoms with Crippen LogP contribution in [0.5, 0.6) is 0 Å². The SMILES string of the molecule is CC.Cc1cnc(Nc2ncc3c(n2)N(C2CCCC(NC(=O)/C=C/CN(C)C)C2)C(=O)N(Cc2ccccc2)C3)s1. The third-order valence-electron chi connectivity index (χ3n) is 7.06. The van der Waals surface area contributed by atoms with E-state index in [4.69, 9.17) is 4.98 Å². The molecule has 1 aliphatic heterocycles. The summed E-state index contributed by atoms with van der Waals surface area (Å²) in [6, 6.07) is 9.81. The van der Waals surface area contributed by atoms with Crippen molar-refractivity contribution < 1.29 is 9.59 Å². The molecule has 3 amide bonds. The lowest BCUT2D eigenvalue weighted by atomic mass is 9.89. The van der Waals surface area contributed by atoms with Crippen LogP contribution >= 0.6 is 11.3 Å². The summed E-state index contributed by atoms with van der Waals surface area (Å²) in [5, 5.41) is 7.05. The summed E-state index contributed by atoms with van der Waals surface area (Å²) in [5.74, 6) is 0.938. The van der Waals surface area contributed by atoms with Crippen LogP contribution in [-0.4, -0.2) is 69.4 Å². The Morgan fingerprint density at radius 3 is 2.64 bits per heavy atom. The van der Waals surface area contributed by atoms with Gasteiger partial charge in [0.25, 0.3) is 0 Å². The molecular weight excluding hydrogens is 548 g/mol. The minimum absolute atomic E-state index is 0.0197. The molecule has 3 aromatic rings. The van der Waals surface area contributed by atoms with Gasteiger partial charge in [0.1, 0.15) is 5.82 Å². The summed E-state index contributed by atoms with van der Waals surface area (Å²) in [7, 11) is 3.93. The Balaban J connectivity index is 0.00000198. The summed E-state index contributed by atoms with van der Waals surface area (Å²) in [6.45, 7) is 7.62. The Kier molecular flexibility index (Phi) is 11.0. The predicted molar refractivity (Wildman–Crippen MR) is 169 cm³/mol. The number of fused-ring (bicyclic) bond motifs is 1. The van der Waals surface area contributed by atoms with Crippen molar-refractivity contribution in [2.75, 3.05) is 30.9 Å². The third kappa shape index (κ3) is 8.13. The Bertz CT molecular complexity index is 1360. The van der Waals surface area contributed by atoms with Crippen LogP contribution in [0.3, 0.4) is 0 Å². The molecule has 5 rings (SSSR count). The molecule has 0 saturated heterocycles. The van der Waals surface area contributed by atoms with E-state index in [0.717, 1.165) is 35.3 Å². The highest BCUT2D eigenvalue weighted by atomic mass is 32.1. The van der Waals surface area contributed by atoms with E-state index >= 15 is 0 Å². The number of hydrogen-bond donors (Lipinski definition) is 2. The summed E-state index contributed by atoms with van der Waals surface area (Å²) in [6.07, 6.45) is 10.3. The zero-order valence-corrected chi connectivity index (χ0v) is 26.0. The van der Waals surface area contributed by atoms with Crippen LogP contribution in [0.15, 0.2) is 54.9 Å². The predicted octanol–water partition coefficient (Wildman–Crippen LogP) is 5.50. The fourth-order valence-corrected chi connectivity index (χ4v) is 5.87. The summed E-state index contributed by atoms with van der Waals surface area (Å²) >= 11 is 1.52. The van der Waals surface area contributed by atoms with Gasteiger partial charge in [0.05, 0.1) is 6.54 Å². The van der Waals surface area contributed by atoms with Gasteiger partial charge >= 0.3 is 6.03 Å². The van der Waals surface area contributed by atoms with Crippen molar-refractivity contribution in [3.63, 3.8) is 0 Å². The second kappa shape index (κ2) is 14.9. The molecule has 11 heteroatoms. The fraction of sp³-hybridized carbons (Fsp3) is 0.452. The Morgan fingerprint density at radius 2 is 1.93 bits per heavy atom. The topological polar surface area (TPSA) is 107 Å². The Hall–Kier alpha value is -3.83. The van der Waals surface area contributed by atoms with E-state index in [1.165, 1.54) is 11.3 Å². The quantitative estimate of drug-likeness (QED) is 0.317. The van der Waals surface area contributed by atoms with Crippen molar-refractivity contribution >= 4 is 40.2 Å². The largest absolute Gasteiger partial charge is 0.350 e. The number of aromatic nitrogens is 3. The van der Waals surface area contributed by atoms with E-state index in [-0.39, 0.29) is 24.0 Å². The maximum Gasteiger partial charge on any atom is 0.326 e. The van der Waals surface area contributed by atoms with Gasteiger partial charge in [0.15, 0.2) is 5.13 Å². The number of nitrogens with zero attached hydrogens (tertiary/aromatic N) is 6. The maximum atomic E-state index is 14.1. The molecule has 10 nitrogen and oxygen atoms in total. The first-order valence-electron chi connectivity index (χ1n) is 14.6. The van der Waals surface area contributed by atoms with Crippen LogP contribution in [0.4, 0.5) is 21.7 Å². The molecule has 1 fully saturated rings. The van der Waals surface area contributed by atoms with Crippen molar-refractivity contribution in [3.05, 3.63) is 70.9 Å². The molecule has 0 bridgehead atoms. The number of likely N-dealkylation sites (N-methyl/N-ethyl adjacent to an activating group) is 1. The number of aryl methyl sites for hydroxylation is 1. The van der Waals surface area contributed by atoms with E-state index in [1.54, 1.807) is 18.5 Å². The molecule has 1 aliphatic carbocycles. The van der Waals surface area contributed by atoms with Crippen molar-refractivity contribution in [1.82, 2.24) is 30.1 Å². The number of anilines is 3. The standard InChI is InChI=1S/C29H36N8O2S.C2H6/c1-20-16-31-28(40-20)34-27-30-17-22-19-36(18-21-9-5-4-6-10-21)29(39)37(26(22)33-27)24-12-7-11-23(15-24)32-25(38)13-8-14-35(2)3;1-2/h4-6,8-10,13,16-17,23-24H,7,11-12,14-15,18-19H2,1-3H3,(H,32,38)(H,30,31,33,34);1-2H3/b13-8+;. The van der Waals surface area contributed by atoms with Gasteiger partial charge in [-0.25, -0.2) is 14.8 Å². The molecule has 0 radical (unpaired) electrons. The Labute approximate surface area is 252 Å². The van der Waals surface area contributed by atoms with E-state index in [0.29, 0.717) is 43.0 Å². The number of urea groups is 1. The highest BCUT2D eigenvalue weighted by Gasteiger charge is 2.39. The molecule has 2 aliphatic rings. The Morgan fingerprint density at radius 1 is 1.14 bits per heavy atom. The van der Waals surface area contributed by atoms with Crippen molar-refractivity contribution in [3.8, 4) is 0 Å². The smallest absolute Gasteiger partial charge is 0.326 e. The molecule has 224 valence electrons. The van der Waals surface area contributed by atoms with Gasteiger partial charge in [-0.05, 0) is 52.3 Å². The van der Waals surface area contributed by atoms with Gasteiger partial charge in [0, 0.05) is 54.1 Å². The minimum Gasteiger partial charge on any atom is -0.350 e. The average Bonchev–Trinajstić information content (AvgIpc) is 3.39. The molecule has 42 heavy (non-hydrogen) atoms. The number of hydrogen-bond acceptors (Lipinski definition) is 8. The van der Waals surface area contributed by atoms with Gasteiger partial charge in [-0.1, -0.05) is 50.3 Å². The first-order valence-corrected chi connectivity index (χ1v) is 15.5. The number of carbonyl (C=O) groups is 2. The monoisotopic (exact) mass is 590 g/mol. The molecule has 3 heterocycles. The second-order valence-electron chi connectivity index (χ2n) is 10.6. The lowest BCUT2D eigenvalue weighted by Crippen LogP contribution is -2.54. The van der Waals surface area contributed by atoms with Crippen LogP contribution < -0.4 is 15.5 Å². The zero-order chi connectivity index (χ0) is 30.1. The maximum absolute atomic E-state index is 14.1. The summed E-state index contributed by atoms with van der Waals surface area (Å²) in [4.78, 5) is 47.1. The molecular formula is C31H42N8O2S. The number of rotatable bonds is 9. The van der Waals surface area contributed by atoms with Crippen LogP contribution in [0, 0.1) is 6.92 Å². The molecule has 2 aromatic heterocycles. The van der Waals surface area contributed by atoms with Gasteiger partial charge in [-0.2, -0.15) is 4.98 Å². The first kappa shape index (κ1) is 31.1. The number of nitrogens with one attached hydrogen (secondary N) is 2. The van der Waals surface area contributed by atoms with Crippen LogP contribution in [0.2, 0.25) is 0 Å². The van der Waals surface area contributed by atoms with Gasteiger partial charge in [0.2, 0.25) is 11.9 Å². The lowest BCUT2D eigenvalue weighted by Gasteiger charge is -2.43. The molecule has 0 spiro atoms. The van der Waals surface area contributed by atoms with Crippen molar-refractivity contribution in [2.24, 2.45) is 0 Å². The van der Waals surface area contributed by atoms with Crippen molar-refractivity contribution in [1.29, 1.82) is 0 Å². The zero-order valence-electron chi connectivity index (χ0n) is 25.2. The number of carbonyl (C=O) groups excluding carboxylic acids is 2. The fourth-order valence-electron chi connectivity index (χ4n) is 5.21. The van der Waals surface area contributed by atoms with Gasteiger partial charge in [-0.15, -0.1) is 11.3 Å². The highest BCUT2D eigenvalue weighted by Crippen LogP contribution is 2.35. The summed E-state index contributed by atoms with van der Waals surface area (Å²) < 4.78 is 0. The van der Waals surface area contributed by atoms with Crippen LogP contribution in [0.1, 0.15) is 55.5 Å².